The SMILES string of the molecule is CCOC(=O)c1ncnn1[C@H]1O[C@H](COCc2ccccc2)[C@@H](OCc2ccccc2)[C@@H]1OCc1ccccc1. The van der Waals surface area contributed by atoms with Gasteiger partial charge in [-0.1, -0.05) is 91.0 Å². The molecule has 0 N–H and O–H groups in total. The van der Waals surface area contributed by atoms with Gasteiger partial charge in [0.2, 0.25) is 5.82 Å². The second-order valence-corrected chi connectivity index (χ2v) is 9.34. The van der Waals surface area contributed by atoms with Crippen molar-refractivity contribution in [1.82, 2.24) is 14.8 Å². The van der Waals surface area contributed by atoms with Gasteiger partial charge in [-0.15, -0.1) is 0 Å². The standard InChI is InChI=1S/C31H33N3O6/c1-2-37-31(35)29-32-22-33-34(29)30-28(39-20-25-16-10-5-11-17-25)27(38-19-24-14-8-4-9-15-24)26(40-30)21-36-18-23-12-6-3-7-13-23/h3-17,22,26-28,30H,2,18-21H2,1H3/t26-,27-,28+,30+/m1/s1. The third kappa shape index (κ3) is 7.00. The van der Waals surface area contributed by atoms with Crippen LogP contribution in [0.1, 0.15) is 40.5 Å². The first-order chi connectivity index (χ1) is 19.7. The van der Waals surface area contributed by atoms with Crippen molar-refractivity contribution in [3.63, 3.8) is 0 Å². The van der Waals surface area contributed by atoms with Crippen LogP contribution in [0.4, 0.5) is 0 Å². The highest BCUT2D eigenvalue weighted by atomic mass is 16.6. The van der Waals surface area contributed by atoms with Crippen LogP contribution in [0.3, 0.4) is 0 Å². The number of aromatic nitrogens is 3. The van der Waals surface area contributed by atoms with E-state index in [0.29, 0.717) is 19.8 Å². The van der Waals surface area contributed by atoms with Gasteiger partial charge in [0, 0.05) is 0 Å². The number of ether oxygens (including phenoxy) is 5. The van der Waals surface area contributed by atoms with Crippen LogP contribution in [0.25, 0.3) is 0 Å². The van der Waals surface area contributed by atoms with Crippen molar-refractivity contribution >= 4 is 5.97 Å². The maximum atomic E-state index is 12.7. The van der Waals surface area contributed by atoms with Crippen LogP contribution in [-0.2, 0) is 43.5 Å². The number of benzene rings is 3. The predicted molar refractivity (Wildman–Crippen MR) is 146 cm³/mol. The molecule has 1 fully saturated rings. The molecule has 5 rings (SSSR count). The molecule has 1 aromatic heterocycles. The lowest BCUT2D eigenvalue weighted by atomic mass is 10.1. The number of rotatable bonds is 13. The smallest absolute Gasteiger partial charge is 0.376 e. The molecule has 0 spiro atoms. The van der Waals surface area contributed by atoms with Gasteiger partial charge < -0.3 is 23.7 Å². The van der Waals surface area contributed by atoms with Crippen molar-refractivity contribution in [3.8, 4) is 0 Å². The van der Waals surface area contributed by atoms with E-state index in [1.807, 2.05) is 91.0 Å². The van der Waals surface area contributed by atoms with E-state index in [2.05, 4.69) is 10.1 Å². The first kappa shape index (κ1) is 27.7. The minimum atomic E-state index is -0.795. The lowest BCUT2D eigenvalue weighted by Gasteiger charge is -2.25. The molecule has 4 aromatic rings. The van der Waals surface area contributed by atoms with Crippen molar-refractivity contribution in [2.45, 2.75) is 51.3 Å². The summed E-state index contributed by atoms with van der Waals surface area (Å²) in [6.45, 7) is 3.29. The molecule has 0 unspecified atom stereocenters. The van der Waals surface area contributed by atoms with Crippen molar-refractivity contribution < 1.29 is 28.5 Å². The highest BCUT2D eigenvalue weighted by Crippen LogP contribution is 2.35. The van der Waals surface area contributed by atoms with E-state index >= 15 is 0 Å². The minimum absolute atomic E-state index is 0.0350. The largest absolute Gasteiger partial charge is 0.460 e. The topological polar surface area (TPSA) is 93.9 Å². The van der Waals surface area contributed by atoms with Gasteiger partial charge in [0.15, 0.2) is 6.23 Å². The summed E-state index contributed by atoms with van der Waals surface area (Å²) in [5, 5.41) is 4.33. The van der Waals surface area contributed by atoms with Crippen LogP contribution < -0.4 is 0 Å². The molecule has 1 aliphatic heterocycles. The Morgan fingerprint density at radius 3 is 1.93 bits per heavy atom. The lowest BCUT2D eigenvalue weighted by molar-refractivity contribution is -0.0939. The van der Waals surface area contributed by atoms with Gasteiger partial charge in [0.05, 0.1) is 33.0 Å². The molecule has 0 aliphatic carbocycles. The molecule has 208 valence electrons. The Balaban J connectivity index is 1.41. The number of esters is 1. The van der Waals surface area contributed by atoms with Gasteiger partial charge in [-0.3, -0.25) is 0 Å². The summed E-state index contributed by atoms with van der Waals surface area (Å²) >= 11 is 0. The number of carbonyl (C=O) groups excluding carboxylic acids is 1. The maximum absolute atomic E-state index is 12.7. The monoisotopic (exact) mass is 543 g/mol. The number of hydrogen-bond donors (Lipinski definition) is 0. The fourth-order valence-electron chi connectivity index (χ4n) is 4.60. The summed E-state index contributed by atoms with van der Waals surface area (Å²) in [5.41, 5.74) is 3.07. The van der Waals surface area contributed by atoms with Crippen LogP contribution in [0.5, 0.6) is 0 Å². The molecule has 3 aromatic carbocycles. The highest BCUT2D eigenvalue weighted by molar-refractivity contribution is 5.85. The van der Waals surface area contributed by atoms with Crippen LogP contribution in [-0.4, -0.2) is 52.3 Å². The number of nitrogens with zero attached hydrogens (tertiary/aromatic N) is 3. The lowest BCUT2D eigenvalue weighted by Crippen LogP contribution is -2.39. The maximum Gasteiger partial charge on any atom is 0.376 e. The molecule has 1 saturated heterocycles. The molecule has 0 bridgehead atoms. The molecule has 9 nitrogen and oxygen atoms in total. The van der Waals surface area contributed by atoms with Crippen LogP contribution in [0.15, 0.2) is 97.3 Å². The predicted octanol–water partition coefficient (Wildman–Crippen LogP) is 4.74. The van der Waals surface area contributed by atoms with Gasteiger partial charge in [0.25, 0.3) is 0 Å². The van der Waals surface area contributed by atoms with Gasteiger partial charge in [-0.05, 0) is 23.6 Å². The van der Waals surface area contributed by atoms with Crippen LogP contribution in [0, 0.1) is 0 Å². The number of hydrogen-bond acceptors (Lipinski definition) is 8. The van der Waals surface area contributed by atoms with E-state index in [0.717, 1.165) is 16.7 Å². The molecular weight excluding hydrogens is 510 g/mol. The first-order valence-electron chi connectivity index (χ1n) is 13.4. The van der Waals surface area contributed by atoms with Gasteiger partial charge in [-0.2, -0.15) is 5.10 Å². The summed E-state index contributed by atoms with van der Waals surface area (Å²) < 4.78 is 32.1. The van der Waals surface area contributed by atoms with Crippen LogP contribution >= 0.6 is 0 Å². The van der Waals surface area contributed by atoms with Crippen molar-refractivity contribution in [2.24, 2.45) is 0 Å². The van der Waals surface area contributed by atoms with Gasteiger partial charge in [0.1, 0.15) is 24.6 Å². The van der Waals surface area contributed by atoms with E-state index in [1.54, 1.807) is 6.92 Å². The first-order valence-corrected chi connectivity index (χ1v) is 13.4. The Morgan fingerprint density at radius 1 is 0.800 bits per heavy atom. The molecule has 2 heterocycles. The average Bonchev–Trinajstić information content (AvgIpc) is 3.62. The zero-order valence-electron chi connectivity index (χ0n) is 22.4. The fourth-order valence-corrected chi connectivity index (χ4v) is 4.60. The van der Waals surface area contributed by atoms with E-state index in [1.165, 1.54) is 11.0 Å². The molecule has 4 atom stereocenters. The summed E-state index contributed by atoms with van der Waals surface area (Å²) in [4.78, 5) is 16.8. The summed E-state index contributed by atoms with van der Waals surface area (Å²) in [7, 11) is 0. The van der Waals surface area contributed by atoms with Gasteiger partial charge in [-0.25, -0.2) is 14.5 Å². The van der Waals surface area contributed by atoms with Crippen LogP contribution in [0.2, 0.25) is 0 Å². The molecule has 40 heavy (non-hydrogen) atoms. The summed E-state index contributed by atoms with van der Waals surface area (Å²) in [6, 6.07) is 29.7. The quantitative estimate of drug-likeness (QED) is 0.223. The van der Waals surface area contributed by atoms with Gasteiger partial charge >= 0.3 is 5.97 Å². The van der Waals surface area contributed by atoms with Crippen molar-refractivity contribution in [2.75, 3.05) is 13.2 Å². The Labute approximate surface area is 233 Å². The molecule has 0 radical (unpaired) electrons. The number of carbonyl (C=O) groups is 1. The Hall–Kier alpha value is -3.89. The third-order valence-electron chi connectivity index (χ3n) is 6.52. The molecular formula is C31H33N3O6. The fraction of sp³-hybridized carbons (Fsp3) is 0.323. The van der Waals surface area contributed by atoms with E-state index in [-0.39, 0.29) is 19.0 Å². The average molecular weight is 544 g/mol. The molecule has 0 amide bonds. The molecule has 9 heteroatoms. The highest BCUT2D eigenvalue weighted by Gasteiger charge is 2.49. The summed E-state index contributed by atoms with van der Waals surface area (Å²) in [6.07, 6.45) is -1.13. The third-order valence-corrected chi connectivity index (χ3v) is 6.52. The van der Waals surface area contributed by atoms with Crippen molar-refractivity contribution in [3.05, 3.63) is 120 Å². The zero-order valence-corrected chi connectivity index (χ0v) is 22.4. The Kier molecular flexibility index (Phi) is 9.65. The molecule has 1 aliphatic rings. The Morgan fingerprint density at radius 2 is 1.35 bits per heavy atom. The minimum Gasteiger partial charge on any atom is -0.460 e. The van der Waals surface area contributed by atoms with Crippen molar-refractivity contribution in [1.29, 1.82) is 0 Å². The second-order valence-electron chi connectivity index (χ2n) is 9.34. The zero-order chi connectivity index (χ0) is 27.6. The van der Waals surface area contributed by atoms with E-state index in [9.17, 15) is 4.79 Å². The Bertz CT molecular complexity index is 1320. The summed E-state index contributed by atoms with van der Waals surface area (Å²) in [5.74, 6) is -0.552. The normalized spacial score (nSPS) is 20.4. The van der Waals surface area contributed by atoms with E-state index < -0.39 is 30.5 Å². The van der Waals surface area contributed by atoms with E-state index in [4.69, 9.17) is 23.7 Å². The molecule has 0 saturated carbocycles. The second kappa shape index (κ2) is 14.0.